The van der Waals surface area contributed by atoms with Crippen LogP contribution in [0.5, 0.6) is 0 Å². The highest BCUT2D eigenvalue weighted by molar-refractivity contribution is 5.14. The third-order valence-corrected chi connectivity index (χ3v) is 5.11. The lowest BCUT2D eigenvalue weighted by molar-refractivity contribution is -1.11. The van der Waals surface area contributed by atoms with Crippen molar-refractivity contribution in [3.05, 3.63) is 71.8 Å². The van der Waals surface area contributed by atoms with Gasteiger partial charge in [0.05, 0.1) is 7.05 Å². The number of hydrogen-bond donors (Lipinski definition) is 0. The van der Waals surface area contributed by atoms with E-state index in [1.165, 1.54) is 43.2 Å². The van der Waals surface area contributed by atoms with Crippen LogP contribution in [-0.4, -0.2) is 18.2 Å². The van der Waals surface area contributed by atoms with Gasteiger partial charge in [0, 0.05) is 11.5 Å². The van der Waals surface area contributed by atoms with Crippen LogP contribution < -0.4 is 0 Å². The summed E-state index contributed by atoms with van der Waals surface area (Å²) in [6.07, 6.45) is 6.89. The number of hydrogen-bond acceptors (Lipinski definition) is 1. The van der Waals surface area contributed by atoms with Crippen LogP contribution in [0.25, 0.3) is 0 Å². The van der Waals surface area contributed by atoms with Crippen LogP contribution in [0.2, 0.25) is 0 Å². The fourth-order valence-corrected chi connectivity index (χ4v) is 3.85. The monoisotopic (exact) mass is 324 g/mol. The molecule has 0 aliphatic heterocycles. The Morgan fingerprint density at radius 3 is 2.04 bits per heavy atom. The molecule has 1 unspecified atom stereocenters. The van der Waals surface area contributed by atoms with Crippen LogP contribution in [0, 0.1) is 5.92 Å². The van der Waals surface area contributed by atoms with Gasteiger partial charge >= 0.3 is 0 Å². The van der Waals surface area contributed by atoms with Gasteiger partial charge in [0.2, 0.25) is 0 Å². The Bertz CT molecular complexity index is 592. The minimum Gasteiger partial charge on any atom is -0.198 e. The highest BCUT2D eigenvalue weighted by Crippen LogP contribution is 2.28. The molecule has 24 heavy (non-hydrogen) atoms. The smallest absolute Gasteiger partial charge is 0.134 e. The molecule has 0 heterocycles. The van der Waals surface area contributed by atoms with Crippen LogP contribution in [-0.2, 0) is 18.0 Å². The normalized spacial score (nSPS) is 18.2. The van der Waals surface area contributed by atoms with E-state index < -0.39 is 0 Å². The maximum absolute atomic E-state index is 6.46. The maximum Gasteiger partial charge on any atom is 0.134 e. The first kappa shape index (κ1) is 17.2. The van der Waals surface area contributed by atoms with Crippen molar-refractivity contribution in [1.82, 2.24) is 0 Å². The van der Waals surface area contributed by atoms with Gasteiger partial charge in [-0.05, 0) is 18.4 Å². The molecule has 1 aliphatic rings. The Labute approximate surface area is 146 Å². The molecule has 2 heteroatoms. The number of quaternary nitrogens is 1. The van der Waals surface area contributed by atoms with Gasteiger partial charge in [-0.1, -0.05) is 79.9 Å². The highest BCUT2D eigenvalue weighted by atomic mass is 16.7. The molecule has 0 spiro atoms. The quantitative estimate of drug-likeness (QED) is 0.493. The molecular formula is C22H30NO+. The summed E-state index contributed by atoms with van der Waals surface area (Å²) >= 11 is 0. The maximum atomic E-state index is 6.46. The highest BCUT2D eigenvalue weighted by Gasteiger charge is 2.30. The van der Waals surface area contributed by atoms with Crippen LogP contribution in [0.15, 0.2) is 60.7 Å². The number of rotatable bonds is 7. The Hall–Kier alpha value is -1.64. The van der Waals surface area contributed by atoms with E-state index in [9.17, 15) is 0 Å². The zero-order valence-corrected chi connectivity index (χ0v) is 14.9. The van der Waals surface area contributed by atoms with Crippen molar-refractivity contribution < 1.29 is 9.48 Å². The van der Waals surface area contributed by atoms with Gasteiger partial charge in [0.1, 0.15) is 19.7 Å². The minimum atomic E-state index is 0.670. The second-order valence-electron chi connectivity index (χ2n) is 7.39. The molecule has 0 radical (unpaired) electrons. The van der Waals surface area contributed by atoms with Crippen molar-refractivity contribution in [2.24, 2.45) is 5.92 Å². The third kappa shape index (κ3) is 5.19. The van der Waals surface area contributed by atoms with E-state index in [0.29, 0.717) is 11.3 Å². The average Bonchev–Trinajstić information content (AvgIpc) is 2.63. The van der Waals surface area contributed by atoms with Gasteiger partial charge in [-0.2, -0.15) is 9.48 Å². The SMILES string of the molecule is C[N+](Cc1ccccc1)(CC1CCCCC1)OCc1ccccc1. The molecule has 1 saturated carbocycles. The van der Waals surface area contributed by atoms with E-state index in [4.69, 9.17) is 4.84 Å². The van der Waals surface area contributed by atoms with Crippen molar-refractivity contribution in [3.8, 4) is 0 Å². The van der Waals surface area contributed by atoms with Gasteiger partial charge in [-0.3, -0.25) is 0 Å². The molecule has 2 aromatic rings. The largest absolute Gasteiger partial charge is 0.198 e. The van der Waals surface area contributed by atoms with Crippen molar-refractivity contribution in [2.45, 2.75) is 45.3 Å². The van der Waals surface area contributed by atoms with Crippen LogP contribution in [0.1, 0.15) is 43.2 Å². The van der Waals surface area contributed by atoms with Crippen LogP contribution in [0.3, 0.4) is 0 Å². The molecule has 128 valence electrons. The molecule has 1 aliphatic carbocycles. The van der Waals surface area contributed by atoms with E-state index in [0.717, 1.165) is 19.0 Å². The van der Waals surface area contributed by atoms with Crippen molar-refractivity contribution in [3.63, 3.8) is 0 Å². The molecule has 0 saturated heterocycles. The Kier molecular flexibility index (Phi) is 6.06. The zero-order chi connectivity index (χ0) is 16.7. The summed E-state index contributed by atoms with van der Waals surface area (Å²) in [5.41, 5.74) is 2.60. The van der Waals surface area contributed by atoms with Crippen molar-refractivity contribution in [2.75, 3.05) is 13.6 Å². The van der Waals surface area contributed by atoms with E-state index in [1.54, 1.807) is 0 Å². The standard InChI is InChI=1S/C22H30NO/c1-23(17-20-11-5-2-6-12-20,18-21-13-7-3-8-14-21)24-19-22-15-9-4-10-16-22/h2,4-6,9-12,15-16,21H,3,7-8,13-14,17-19H2,1H3/q+1. The first-order chi connectivity index (χ1) is 11.7. The Morgan fingerprint density at radius 2 is 1.42 bits per heavy atom. The van der Waals surface area contributed by atoms with Crippen molar-refractivity contribution in [1.29, 1.82) is 0 Å². The number of nitrogens with zero attached hydrogens (tertiary/aromatic N) is 1. The molecule has 2 nitrogen and oxygen atoms in total. The number of hydroxylamine groups is 3. The van der Waals surface area contributed by atoms with Crippen LogP contribution in [0.4, 0.5) is 0 Å². The summed E-state index contributed by atoms with van der Waals surface area (Å²) in [5.74, 6) is 0.795. The van der Waals surface area contributed by atoms with Gasteiger partial charge in [-0.15, -0.1) is 0 Å². The predicted molar refractivity (Wildman–Crippen MR) is 99.0 cm³/mol. The second kappa shape index (κ2) is 8.46. The molecule has 0 N–H and O–H groups in total. The summed E-state index contributed by atoms with van der Waals surface area (Å²) in [5, 5.41) is 0. The lowest BCUT2D eigenvalue weighted by atomic mass is 9.89. The van der Waals surface area contributed by atoms with Crippen molar-refractivity contribution >= 4 is 0 Å². The predicted octanol–water partition coefficient (Wildman–Crippen LogP) is 5.35. The topological polar surface area (TPSA) is 9.23 Å². The molecule has 0 bridgehead atoms. The number of benzene rings is 2. The lowest BCUT2D eigenvalue weighted by Crippen LogP contribution is -2.46. The first-order valence-electron chi connectivity index (χ1n) is 9.30. The molecule has 0 amide bonds. The summed E-state index contributed by atoms with van der Waals surface area (Å²) < 4.78 is 0.670. The fraction of sp³-hybridized carbons (Fsp3) is 0.455. The third-order valence-electron chi connectivity index (χ3n) is 5.11. The Balaban J connectivity index is 1.68. The fourth-order valence-electron chi connectivity index (χ4n) is 3.85. The molecule has 2 aromatic carbocycles. The van der Waals surface area contributed by atoms with E-state index in [1.807, 2.05) is 0 Å². The van der Waals surface area contributed by atoms with Gasteiger partial charge in [0.25, 0.3) is 0 Å². The van der Waals surface area contributed by atoms with E-state index >= 15 is 0 Å². The summed E-state index contributed by atoms with van der Waals surface area (Å²) in [6.45, 7) is 2.72. The molecule has 1 atom stereocenters. The van der Waals surface area contributed by atoms with E-state index in [-0.39, 0.29) is 0 Å². The molecule has 0 aromatic heterocycles. The second-order valence-corrected chi connectivity index (χ2v) is 7.39. The summed E-state index contributed by atoms with van der Waals surface area (Å²) in [4.78, 5) is 6.46. The minimum absolute atomic E-state index is 0.670. The van der Waals surface area contributed by atoms with Gasteiger partial charge in [-0.25, -0.2) is 0 Å². The Morgan fingerprint density at radius 1 is 0.833 bits per heavy atom. The zero-order valence-electron chi connectivity index (χ0n) is 14.9. The van der Waals surface area contributed by atoms with Gasteiger partial charge < -0.3 is 0 Å². The van der Waals surface area contributed by atoms with Crippen LogP contribution >= 0.6 is 0 Å². The first-order valence-corrected chi connectivity index (χ1v) is 9.30. The molecule has 1 fully saturated rings. The van der Waals surface area contributed by atoms with E-state index in [2.05, 4.69) is 67.7 Å². The molecule has 3 rings (SSSR count). The summed E-state index contributed by atoms with van der Waals surface area (Å²) in [6, 6.07) is 21.3. The lowest BCUT2D eigenvalue weighted by Gasteiger charge is -2.36. The summed E-state index contributed by atoms with van der Waals surface area (Å²) in [7, 11) is 2.25. The van der Waals surface area contributed by atoms with Gasteiger partial charge in [0.15, 0.2) is 0 Å². The molecular weight excluding hydrogens is 294 g/mol. The average molecular weight is 324 g/mol.